The van der Waals surface area contributed by atoms with Crippen LogP contribution in [0.15, 0.2) is 35.2 Å². The molecular weight excluding hydrogens is 332 g/mol. The van der Waals surface area contributed by atoms with E-state index in [4.69, 9.17) is 11.6 Å². The Bertz CT molecular complexity index is 728. The van der Waals surface area contributed by atoms with Gasteiger partial charge >= 0.3 is 0 Å². The Hall–Kier alpha value is -1.73. The van der Waals surface area contributed by atoms with Crippen molar-refractivity contribution in [3.05, 3.63) is 46.0 Å². The number of anilines is 1. The Balaban J connectivity index is 1.86. The first kappa shape index (κ1) is 12.3. The summed E-state index contributed by atoms with van der Waals surface area (Å²) in [6.45, 7) is 0.479. The van der Waals surface area contributed by atoms with E-state index >= 15 is 0 Å². The van der Waals surface area contributed by atoms with E-state index in [0.717, 1.165) is 15.8 Å². The van der Waals surface area contributed by atoms with E-state index in [1.165, 1.54) is 6.33 Å². The van der Waals surface area contributed by atoms with Gasteiger partial charge in [0.25, 0.3) is 0 Å². The largest absolute Gasteiger partial charge is 0.348 e. The average Bonchev–Trinajstić information content (AvgIpc) is 2.88. The third-order valence-electron chi connectivity index (χ3n) is 2.49. The first-order valence-electron chi connectivity index (χ1n) is 5.43. The maximum Gasteiger partial charge on any atom is 0.227 e. The van der Waals surface area contributed by atoms with Gasteiger partial charge in [-0.25, -0.2) is 15.0 Å². The van der Waals surface area contributed by atoms with E-state index in [1.54, 1.807) is 22.8 Å². The van der Waals surface area contributed by atoms with Crippen molar-refractivity contribution in [1.29, 1.82) is 0 Å². The second kappa shape index (κ2) is 5.10. The van der Waals surface area contributed by atoms with E-state index in [9.17, 15) is 0 Å². The van der Waals surface area contributed by atoms with Crippen molar-refractivity contribution < 1.29 is 0 Å². The monoisotopic (exact) mass is 338 g/mol. The van der Waals surface area contributed by atoms with Crippen molar-refractivity contribution in [2.75, 3.05) is 5.32 Å². The predicted octanol–water partition coefficient (Wildman–Crippen LogP) is 2.55. The van der Waals surface area contributed by atoms with Crippen LogP contribution in [0.3, 0.4) is 0 Å². The van der Waals surface area contributed by atoms with Crippen LogP contribution in [0.25, 0.3) is 5.65 Å². The number of nitrogens with zero attached hydrogens (tertiary/aromatic N) is 5. The standard InChI is InChI=1S/C11H8BrClN6/c12-7-1-2-9(13)18-8(7)5-14-11-16-6-15-10-3-4-17-19(10)11/h1-4,6H,5H2,(H,14,15,16). The zero-order valence-electron chi connectivity index (χ0n) is 9.59. The van der Waals surface area contributed by atoms with Gasteiger partial charge in [0.1, 0.15) is 11.5 Å². The minimum absolute atomic E-state index is 0.451. The summed E-state index contributed by atoms with van der Waals surface area (Å²) in [6.07, 6.45) is 3.16. The molecule has 0 unspecified atom stereocenters. The molecule has 0 saturated carbocycles. The fraction of sp³-hybridized carbons (Fsp3) is 0.0909. The van der Waals surface area contributed by atoms with Gasteiger partial charge < -0.3 is 5.32 Å². The fourth-order valence-corrected chi connectivity index (χ4v) is 2.15. The third kappa shape index (κ3) is 2.52. The van der Waals surface area contributed by atoms with Gasteiger partial charge in [0, 0.05) is 10.5 Å². The van der Waals surface area contributed by atoms with Crippen LogP contribution in [0.1, 0.15) is 5.69 Å². The summed E-state index contributed by atoms with van der Waals surface area (Å²) in [5, 5.41) is 7.75. The molecule has 3 heterocycles. The first-order chi connectivity index (χ1) is 9.24. The molecule has 8 heteroatoms. The average molecular weight is 340 g/mol. The Morgan fingerprint density at radius 3 is 3.05 bits per heavy atom. The summed E-state index contributed by atoms with van der Waals surface area (Å²) in [5.74, 6) is 0.601. The van der Waals surface area contributed by atoms with Crippen LogP contribution < -0.4 is 5.32 Å². The molecular formula is C11H8BrClN6. The van der Waals surface area contributed by atoms with Crippen LogP contribution in [-0.2, 0) is 6.54 Å². The zero-order chi connectivity index (χ0) is 13.2. The number of aromatic nitrogens is 5. The zero-order valence-corrected chi connectivity index (χ0v) is 11.9. The van der Waals surface area contributed by atoms with Gasteiger partial charge in [0.05, 0.1) is 18.4 Å². The maximum absolute atomic E-state index is 5.87. The molecule has 3 aromatic rings. The highest BCUT2D eigenvalue weighted by molar-refractivity contribution is 9.10. The molecule has 0 atom stereocenters. The molecule has 0 amide bonds. The highest BCUT2D eigenvalue weighted by Gasteiger charge is 2.06. The van der Waals surface area contributed by atoms with Crippen molar-refractivity contribution in [2.24, 2.45) is 0 Å². The fourth-order valence-electron chi connectivity index (χ4n) is 1.62. The SMILES string of the molecule is Clc1ccc(Br)c(CNc2ncnc3ccnn23)n1. The number of hydrogen-bond acceptors (Lipinski definition) is 5. The normalized spacial score (nSPS) is 10.8. The Labute approximate surface area is 122 Å². The van der Waals surface area contributed by atoms with E-state index in [1.807, 2.05) is 6.07 Å². The van der Waals surface area contributed by atoms with Gasteiger partial charge in [-0.3, -0.25) is 0 Å². The highest BCUT2D eigenvalue weighted by Crippen LogP contribution is 2.18. The number of hydrogen-bond donors (Lipinski definition) is 1. The molecule has 0 saturated heterocycles. The molecule has 0 aromatic carbocycles. The van der Waals surface area contributed by atoms with Crippen LogP contribution >= 0.6 is 27.5 Å². The van der Waals surface area contributed by atoms with Crippen molar-refractivity contribution in [3.8, 4) is 0 Å². The predicted molar refractivity (Wildman–Crippen MR) is 75.1 cm³/mol. The summed E-state index contributed by atoms with van der Waals surface area (Å²) in [5.41, 5.74) is 1.53. The lowest BCUT2D eigenvalue weighted by Crippen LogP contribution is -2.09. The van der Waals surface area contributed by atoms with Crippen LogP contribution in [0.5, 0.6) is 0 Å². The lowest BCUT2D eigenvalue weighted by Gasteiger charge is -2.07. The second-order valence-electron chi connectivity index (χ2n) is 3.71. The Morgan fingerprint density at radius 1 is 1.26 bits per heavy atom. The van der Waals surface area contributed by atoms with Gasteiger partial charge in [-0.2, -0.15) is 9.61 Å². The topological polar surface area (TPSA) is 68.0 Å². The highest BCUT2D eigenvalue weighted by atomic mass is 79.9. The van der Waals surface area contributed by atoms with Gasteiger partial charge in [0.2, 0.25) is 5.95 Å². The molecule has 0 spiro atoms. The summed E-state index contributed by atoms with van der Waals surface area (Å²) in [6, 6.07) is 5.39. The lowest BCUT2D eigenvalue weighted by molar-refractivity contribution is 0.873. The molecule has 0 aliphatic carbocycles. The van der Waals surface area contributed by atoms with Gasteiger partial charge in [-0.1, -0.05) is 11.6 Å². The maximum atomic E-state index is 5.87. The van der Waals surface area contributed by atoms with Crippen molar-refractivity contribution in [3.63, 3.8) is 0 Å². The van der Waals surface area contributed by atoms with Gasteiger partial charge in [-0.05, 0) is 28.1 Å². The van der Waals surface area contributed by atoms with Gasteiger partial charge in [0.15, 0.2) is 5.65 Å². The second-order valence-corrected chi connectivity index (χ2v) is 4.96. The molecule has 19 heavy (non-hydrogen) atoms. The first-order valence-corrected chi connectivity index (χ1v) is 6.60. The Morgan fingerprint density at radius 2 is 2.16 bits per heavy atom. The molecule has 0 bridgehead atoms. The molecule has 0 fully saturated rings. The molecule has 0 aliphatic rings. The molecule has 3 aromatic heterocycles. The number of nitrogens with one attached hydrogen (secondary N) is 1. The lowest BCUT2D eigenvalue weighted by atomic mass is 10.3. The summed E-state index contributed by atoms with van der Waals surface area (Å²) >= 11 is 9.30. The quantitative estimate of drug-likeness (QED) is 0.743. The molecule has 0 aliphatic heterocycles. The summed E-state index contributed by atoms with van der Waals surface area (Å²) in [4.78, 5) is 12.5. The van der Waals surface area contributed by atoms with E-state index in [0.29, 0.717) is 17.6 Å². The van der Waals surface area contributed by atoms with Crippen LogP contribution in [0.2, 0.25) is 5.15 Å². The minimum Gasteiger partial charge on any atom is -0.348 e. The van der Waals surface area contributed by atoms with E-state index < -0.39 is 0 Å². The number of halogens is 2. The molecule has 0 radical (unpaired) electrons. The third-order valence-corrected chi connectivity index (χ3v) is 3.42. The van der Waals surface area contributed by atoms with E-state index in [2.05, 4.69) is 41.3 Å². The van der Waals surface area contributed by atoms with Crippen LogP contribution in [-0.4, -0.2) is 24.6 Å². The van der Waals surface area contributed by atoms with Crippen molar-refractivity contribution in [1.82, 2.24) is 24.6 Å². The van der Waals surface area contributed by atoms with Crippen LogP contribution in [0, 0.1) is 0 Å². The van der Waals surface area contributed by atoms with E-state index in [-0.39, 0.29) is 0 Å². The molecule has 3 rings (SSSR count). The molecule has 6 nitrogen and oxygen atoms in total. The summed E-state index contributed by atoms with van der Waals surface area (Å²) in [7, 11) is 0. The number of fused-ring (bicyclic) bond motifs is 1. The Kier molecular flexibility index (Phi) is 3.31. The number of pyridine rings is 1. The van der Waals surface area contributed by atoms with Crippen molar-refractivity contribution >= 4 is 39.1 Å². The molecule has 96 valence electrons. The minimum atomic E-state index is 0.451. The van der Waals surface area contributed by atoms with Crippen molar-refractivity contribution in [2.45, 2.75) is 6.54 Å². The van der Waals surface area contributed by atoms with Crippen LogP contribution in [0.4, 0.5) is 5.95 Å². The molecule has 1 N–H and O–H groups in total. The summed E-state index contributed by atoms with van der Waals surface area (Å²) < 4.78 is 2.51. The smallest absolute Gasteiger partial charge is 0.227 e. The van der Waals surface area contributed by atoms with Gasteiger partial charge in [-0.15, -0.1) is 0 Å². The number of rotatable bonds is 3.